The average molecular weight is 227 g/mol. The smallest absolute Gasteiger partial charge is 0.0431 e. The summed E-state index contributed by atoms with van der Waals surface area (Å²) in [5, 5.41) is 8.87. The predicted octanol–water partition coefficient (Wildman–Crippen LogP) is 3.19. The number of aliphatic hydroxyl groups is 1. The summed E-state index contributed by atoms with van der Waals surface area (Å²) >= 11 is 0. The number of rotatable bonds is 9. The summed E-state index contributed by atoms with van der Waals surface area (Å²) in [5.74, 6) is 0. The topological polar surface area (TPSA) is 23.5 Å². The van der Waals surface area contributed by atoms with Crippen LogP contribution in [0, 0.1) is 0 Å². The zero-order valence-electron chi connectivity index (χ0n) is 11.0. The second-order valence-electron chi connectivity index (χ2n) is 5.11. The third kappa shape index (κ3) is 5.31. The van der Waals surface area contributed by atoms with Gasteiger partial charge in [0, 0.05) is 12.6 Å². The third-order valence-electron chi connectivity index (χ3n) is 3.74. The molecule has 0 radical (unpaired) electrons. The highest BCUT2D eigenvalue weighted by Crippen LogP contribution is 2.21. The van der Waals surface area contributed by atoms with Crippen LogP contribution in [-0.4, -0.2) is 35.7 Å². The Hall–Kier alpha value is -0.0800. The lowest BCUT2D eigenvalue weighted by molar-refractivity contribution is 0.213. The molecule has 1 heterocycles. The van der Waals surface area contributed by atoms with Gasteiger partial charge in [-0.05, 0) is 45.2 Å². The minimum Gasteiger partial charge on any atom is -0.396 e. The molecule has 96 valence electrons. The molecule has 0 amide bonds. The summed E-state index contributed by atoms with van der Waals surface area (Å²) in [6.45, 7) is 5.22. The fraction of sp³-hybridized carbons (Fsp3) is 1.00. The maximum atomic E-state index is 8.87. The average Bonchev–Trinajstić information content (AvgIpc) is 2.74. The zero-order valence-corrected chi connectivity index (χ0v) is 11.0. The monoisotopic (exact) mass is 227 g/mol. The second kappa shape index (κ2) is 9.00. The summed E-state index contributed by atoms with van der Waals surface area (Å²) < 4.78 is 0. The predicted molar refractivity (Wildman–Crippen MR) is 69.7 cm³/mol. The van der Waals surface area contributed by atoms with Crippen LogP contribution in [0.15, 0.2) is 0 Å². The molecular weight excluding hydrogens is 198 g/mol. The minimum atomic E-state index is 0.362. The van der Waals surface area contributed by atoms with E-state index in [1.54, 1.807) is 0 Å². The van der Waals surface area contributed by atoms with Crippen molar-refractivity contribution in [2.45, 2.75) is 70.8 Å². The van der Waals surface area contributed by atoms with Gasteiger partial charge in [-0.3, -0.25) is 0 Å². The standard InChI is InChI=1S/C14H29NO/c1-2-3-4-5-6-11-15-12-7-9-14(15)10-8-13-16/h14,16H,2-13H2,1H3. The molecule has 0 aromatic heterocycles. The minimum absolute atomic E-state index is 0.362. The lowest BCUT2D eigenvalue weighted by Crippen LogP contribution is -2.30. The van der Waals surface area contributed by atoms with E-state index in [2.05, 4.69) is 11.8 Å². The van der Waals surface area contributed by atoms with E-state index in [1.807, 2.05) is 0 Å². The summed E-state index contributed by atoms with van der Waals surface area (Å²) in [7, 11) is 0. The first-order valence-electron chi connectivity index (χ1n) is 7.23. The SMILES string of the molecule is CCCCCCCN1CCCC1CCCO. The summed E-state index contributed by atoms with van der Waals surface area (Å²) in [5.41, 5.74) is 0. The number of unbranched alkanes of at least 4 members (excludes halogenated alkanes) is 4. The Morgan fingerprint density at radius 1 is 1.12 bits per heavy atom. The number of hydrogen-bond acceptors (Lipinski definition) is 2. The summed E-state index contributed by atoms with van der Waals surface area (Å²) in [6.07, 6.45) is 11.8. The van der Waals surface area contributed by atoms with Crippen molar-refractivity contribution in [3.05, 3.63) is 0 Å². The van der Waals surface area contributed by atoms with Crippen molar-refractivity contribution in [1.82, 2.24) is 4.90 Å². The van der Waals surface area contributed by atoms with Gasteiger partial charge in [0.25, 0.3) is 0 Å². The van der Waals surface area contributed by atoms with E-state index in [-0.39, 0.29) is 0 Å². The molecule has 1 saturated heterocycles. The van der Waals surface area contributed by atoms with E-state index >= 15 is 0 Å². The molecule has 1 N–H and O–H groups in total. The van der Waals surface area contributed by atoms with E-state index in [0.29, 0.717) is 6.61 Å². The van der Waals surface area contributed by atoms with Gasteiger partial charge < -0.3 is 10.0 Å². The molecule has 0 bridgehead atoms. The molecule has 2 nitrogen and oxygen atoms in total. The van der Waals surface area contributed by atoms with Crippen LogP contribution in [0.2, 0.25) is 0 Å². The molecule has 1 rings (SSSR count). The van der Waals surface area contributed by atoms with Crippen molar-refractivity contribution in [3.8, 4) is 0 Å². The van der Waals surface area contributed by atoms with Crippen molar-refractivity contribution >= 4 is 0 Å². The molecule has 0 aromatic carbocycles. The Morgan fingerprint density at radius 2 is 1.94 bits per heavy atom. The van der Waals surface area contributed by atoms with Gasteiger partial charge in [0.1, 0.15) is 0 Å². The van der Waals surface area contributed by atoms with Crippen molar-refractivity contribution < 1.29 is 5.11 Å². The molecule has 0 aliphatic carbocycles. The molecule has 1 unspecified atom stereocenters. The van der Waals surface area contributed by atoms with Crippen molar-refractivity contribution in [3.63, 3.8) is 0 Å². The van der Waals surface area contributed by atoms with Gasteiger partial charge in [0.2, 0.25) is 0 Å². The molecule has 0 saturated carbocycles. The quantitative estimate of drug-likeness (QED) is 0.611. The molecular formula is C14H29NO. The van der Waals surface area contributed by atoms with E-state index in [0.717, 1.165) is 12.5 Å². The fourth-order valence-corrected chi connectivity index (χ4v) is 2.76. The Kier molecular flexibility index (Phi) is 7.87. The van der Waals surface area contributed by atoms with E-state index in [9.17, 15) is 0 Å². The lowest BCUT2D eigenvalue weighted by atomic mass is 10.1. The van der Waals surface area contributed by atoms with Crippen LogP contribution in [0.1, 0.15) is 64.7 Å². The summed E-state index contributed by atoms with van der Waals surface area (Å²) in [6, 6.07) is 0.776. The van der Waals surface area contributed by atoms with E-state index in [1.165, 1.54) is 64.5 Å². The molecule has 1 aliphatic heterocycles. The highest BCUT2D eigenvalue weighted by atomic mass is 16.2. The fourth-order valence-electron chi connectivity index (χ4n) is 2.76. The Bertz CT molecular complexity index is 161. The maximum Gasteiger partial charge on any atom is 0.0431 e. The van der Waals surface area contributed by atoms with Crippen LogP contribution < -0.4 is 0 Å². The third-order valence-corrected chi connectivity index (χ3v) is 3.74. The van der Waals surface area contributed by atoms with Crippen LogP contribution >= 0.6 is 0 Å². The normalized spacial score (nSPS) is 21.8. The van der Waals surface area contributed by atoms with E-state index < -0.39 is 0 Å². The van der Waals surface area contributed by atoms with Crippen molar-refractivity contribution in [2.24, 2.45) is 0 Å². The number of likely N-dealkylation sites (tertiary alicyclic amines) is 1. The van der Waals surface area contributed by atoms with Crippen LogP contribution in [0.3, 0.4) is 0 Å². The van der Waals surface area contributed by atoms with Gasteiger partial charge in [-0.1, -0.05) is 32.6 Å². The van der Waals surface area contributed by atoms with Gasteiger partial charge in [-0.2, -0.15) is 0 Å². The van der Waals surface area contributed by atoms with Crippen LogP contribution in [0.4, 0.5) is 0 Å². The maximum absolute atomic E-state index is 8.87. The van der Waals surface area contributed by atoms with Gasteiger partial charge >= 0.3 is 0 Å². The Balaban J connectivity index is 2.05. The molecule has 0 spiro atoms. The molecule has 16 heavy (non-hydrogen) atoms. The largest absolute Gasteiger partial charge is 0.396 e. The van der Waals surface area contributed by atoms with Crippen LogP contribution in [-0.2, 0) is 0 Å². The van der Waals surface area contributed by atoms with E-state index in [4.69, 9.17) is 5.11 Å². The Morgan fingerprint density at radius 3 is 2.69 bits per heavy atom. The second-order valence-corrected chi connectivity index (χ2v) is 5.11. The first-order valence-corrected chi connectivity index (χ1v) is 7.23. The Labute approximate surface area is 101 Å². The molecule has 2 heteroatoms. The number of nitrogens with zero attached hydrogens (tertiary/aromatic N) is 1. The van der Waals surface area contributed by atoms with Gasteiger partial charge in [-0.15, -0.1) is 0 Å². The van der Waals surface area contributed by atoms with Crippen LogP contribution in [0.25, 0.3) is 0 Å². The molecule has 0 aromatic rings. The van der Waals surface area contributed by atoms with Crippen molar-refractivity contribution in [1.29, 1.82) is 0 Å². The number of aliphatic hydroxyl groups excluding tert-OH is 1. The lowest BCUT2D eigenvalue weighted by Gasteiger charge is -2.24. The van der Waals surface area contributed by atoms with Crippen LogP contribution in [0.5, 0.6) is 0 Å². The van der Waals surface area contributed by atoms with Gasteiger partial charge in [0.15, 0.2) is 0 Å². The van der Waals surface area contributed by atoms with Gasteiger partial charge in [0.05, 0.1) is 0 Å². The first-order chi connectivity index (χ1) is 7.88. The molecule has 1 atom stereocenters. The molecule has 1 fully saturated rings. The highest BCUT2D eigenvalue weighted by molar-refractivity contribution is 4.78. The molecule has 1 aliphatic rings. The zero-order chi connectivity index (χ0) is 11.6. The highest BCUT2D eigenvalue weighted by Gasteiger charge is 2.22. The number of hydrogen-bond donors (Lipinski definition) is 1. The summed E-state index contributed by atoms with van der Waals surface area (Å²) in [4.78, 5) is 2.65. The van der Waals surface area contributed by atoms with Crippen molar-refractivity contribution in [2.75, 3.05) is 19.7 Å². The first kappa shape index (κ1) is 14.0. The van der Waals surface area contributed by atoms with Gasteiger partial charge in [-0.25, -0.2) is 0 Å².